The number of primary sulfonamides is 1. The van der Waals surface area contributed by atoms with Crippen molar-refractivity contribution in [1.29, 1.82) is 0 Å². The number of rotatable bonds is 2. The number of nitrogens with two attached hydrogens (primary N) is 1. The molecule has 0 radical (unpaired) electrons. The molecule has 0 aromatic rings. The molecule has 0 aromatic heterocycles. The number of sulfonamides is 1. The molecule has 1 aliphatic rings. The highest BCUT2D eigenvalue weighted by molar-refractivity contribution is 7.90. The van der Waals surface area contributed by atoms with Crippen LogP contribution >= 0.6 is 0 Å². The van der Waals surface area contributed by atoms with Crippen LogP contribution in [-0.4, -0.2) is 26.9 Å². The third-order valence-electron chi connectivity index (χ3n) is 1.60. The fourth-order valence-corrected chi connectivity index (χ4v) is 1.49. The third-order valence-corrected chi connectivity index (χ3v) is 2.76. The van der Waals surface area contributed by atoms with E-state index in [0.29, 0.717) is 12.2 Å². The van der Waals surface area contributed by atoms with Crippen LogP contribution in [-0.2, 0) is 10.0 Å². The smallest absolute Gasteiger partial charge is 0.217 e. The molecule has 12 heavy (non-hydrogen) atoms. The van der Waals surface area contributed by atoms with Crippen LogP contribution in [0.25, 0.3) is 0 Å². The number of nitrogens with one attached hydrogen (secondary N) is 1. The molecule has 0 saturated heterocycles. The fraction of sp³-hybridized carbons (Fsp3) is 0.500. The first-order chi connectivity index (χ1) is 5.54. The van der Waals surface area contributed by atoms with Crippen molar-refractivity contribution >= 4 is 16.2 Å². The molecule has 1 atom stereocenters. The van der Waals surface area contributed by atoms with E-state index < -0.39 is 15.3 Å². The highest BCUT2D eigenvalue weighted by Crippen LogP contribution is 2.08. The number of allylic oxidation sites excluding steroid dienone is 1. The topological polar surface area (TPSA) is 84.5 Å². The predicted octanol–water partition coefficient (Wildman–Crippen LogP) is -0.821. The second-order valence-corrected chi connectivity index (χ2v) is 4.26. The van der Waals surface area contributed by atoms with E-state index in [4.69, 9.17) is 5.14 Å². The fourth-order valence-electron chi connectivity index (χ4n) is 0.890. The molecular formula is C6H11N3O2S. The zero-order valence-corrected chi connectivity index (χ0v) is 7.50. The Hall–Kier alpha value is -0.880. The molecule has 1 aliphatic heterocycles. The van der Waals surface area contributed by atoms with Crippen molar-refractivity contribution in [3.05, 3.63) is 11.9 Å². The standard InChI is InChI=1S/C6H11N3O2S/c1-8-6-3-2-5(4-9-6)12(7,10)11/h3-5,8H,2H2,1H3,(H2,7,10,11). The quantitative estimate of drug-likeness (QED) is 0.595. The van der Waals surface area contributed by atoms with Gasteiger partial charge in [-0.2, -0.15) is 0 Å². The molecule has 0 saturated carbocycles. The average molecular weight is 189 g/mol. The number of hydrogen-bond acceptors (Lipinski definition) is 4. The first-order valence-electron chi connectivity index (χ1n) is 3.48. The maximum absolute atomic E-state index is 10.8. The van der Waals surface area contributed by atoms with Gasteiger partial charge in [-0.1, -0.05) is 0 Å². The van der Waals surface area contributed by atoms with Crippen LogP contribution < -0.4 is 10.5 Å². The van der Waals surface area contributed by atoms with Crippen molar-refractivity contribution < 1.29 is 8.42 Å². The Morgan fingerprint density at radius 2 is 2.42 bits per heavy atom. The Bertz CT molecular complexity index is 318. The summed E-state index contributed by atoms with van der Waals surface area (Å²) in [7, 11) is -1.76. The van der Waals surface area contributed by atoms with Gasteiger partial charge in [-0.15, -0.1) is 0 Å². The normalized spacial score (nSPS) is 23.5. The van der Waals surface area contributed by atoms with Gasteiger partial charge < -0.3 is 5.32 Å². The molecule has 0 bridgehead atoms. The van der Waals surface area contributed by atoms with Gasteiger partial charge in [0.1, 0.15) is 11.1 Å². The van der Waals surface area contributed by atoms with Gasteiger partial charge in [-0.3, -0.25) is 0 Å². The Labute approximate surface area is 71.4 Å². The lowest BCUT2D eigenvalue weighted by molar-refractivity contribution is 0.592. The summed E-state index contributed by atoms with van der Waals surface area (Å²) in [5.41, 5.74) is 0. The lowest BCUT2D eigenvalue weighted by Gasteiger charge is -2.12. The molecule has 0 fully saturated rings. The molecule has 1 unspecified atom stereocenters. The zero-order valence-electron chi connectivity index (χ0n) is 6.69. The highest BCUT2D eigenvalue weighted by atomic mass is 32.2. The van der Waals surface area contributed by atoms with Crippen molar-refractivity contribution in [2.24, 2.45) is 10.1 Å². The number of nitrogens with zero attached hydrogens (tertiary/aromatic N) is 1. The van der Waals surface area contributed by atoms with Crippen LogP contribution in [0, 0.1) is 0 Å². The summed E-state index contributed by atoms with van der Waals surface area (Å²) in [5, 5.41) is 7.06. The van der Waals surface area contributed by atoms with Crippen molar-refractivity contribution in [2.75, 3.05) is 7.05 Å². The van der Waals surface area contributed by atoms with E-state index in [1.807, 2.05) is 0 Å². The Balaban J connectivity index is 2.73. The van der Waals surface area contributed by atoms with Gasteiger partial charge in [0.15, 0.2) is 0 Å². The lowest BCUT2D eigenvalue weighted by Crippen LogP contribution is -2.31. The second kappa shape index (κ2) is 3.24. The maximum Gasteiger partial charge on any atom is 0.217 e. The first-order valence-corrected chi connectivity index (χ1v) is 5.08. The first kappa shape index (κ1) is 9.21. The summed E-state index contributed by atoms with van der Waals surface area (Å²) >= 11 is 0. The van der Waals surface area contributed by atoms with Crippen molar-refractivity contribution in [3.8, 4) is 0 Å². The van der Waals surface area contributed by atoms with Crippen LogP contribution in [0.1, 0.15) is 6.42 Å². The average Bonchev–Trinajstić information content (AvgIpc) is 2.03. The van der Waals surface area contributed by atoms with Crippen LogP contribution in [0.15, 0.2) is 16.9 Å². The molecule has 0 aromatic carbocycles. The largest absolute Gasteiger partial charge is 0.373 e. The van der Waals surface area contributed by atoms with E-state index in [9.17, 15) is 8.42 Å². The molecule has 1 rings (SSSR count). The number of aliphatic imine (C=N–C) groups is 1. The van der Waals surface area contributed by atoms with Gasteiger partial charge in [0.05, 0.1) is 0 Å². The van der Waals surface area contributed by atoms with Crippen LogP contribution in [0.2, 0.25) is 0 Å². The Morgan fingerprint density at radius 1 is 1.75 bits per heavy atom. The van der Waals surface area contributed by atoms with E-state index in [2.05, 4.69) is 10.3 Å². The molecule has 1 heterocycles. The van der Waals surface area contributed by atoms with Crippen molar-refractivity contribution in [2.45, 2.75) is 11.7 Å². The summed E-state index contributed by atoms with van der Waals surface area (Å²) in [4.78, 5) is 3.86. The van der Waals surface area contributed by atoms with Gasteiger partial charge >= 0.3 is 0 Å². The van der Waals surface area contributed by atoms with Crippen LogP contribution in [0.5, 0.6) is 0 Å². The third kappa shape index (κ3) is 2.05. The van der Waals surface area contributed by atoms with Gasteiger partial charge in [-0.05, 0) is 12.5 Å². The van der Waals surface area contributed by atoms with Gasteiger partial charge in [0, 0.05) is 13.3 Å². The zero-order chi connectivity index (χ0) is 9.19. The molecule has 0 aliphatic carbocycles. The summed E-state index contributed by atoms with van der Waals surface area (Å²) in [5.74, 6) is 0.676. The van der Waals surface area contributed by atoms with E-state index in [1.54, 1.807) is 13.1 Å². The summed E-state index contributed by atoms with van der Waals surface area (Å²) in [6.45, 7) is 0. The van der Waals surface area contributed by atoms with Crippen LogP contribution in [0.3, 0.4) is 0 Å². The van der Waals surface area contributed by atoms with Crippen molar-refractivity contribution in [1.82, 2.24) is 5.32 Å². The predicted molar refractivity (Wildman–Crippen MR) is 47.1 cm³/mol. The minimum atomic E-state index is -3.48. The lowest BCUT2D eigenvalue weighted by atomic mass is 10.2. The van der Waals surface area contributed by atoms with E-state index in [1.165, 1.54) is 6.21 Å². The Morgan fingerprint density at radius 3 is 2.75 bits per heavy atom. The minimum Gasteiger partial charge on any atom is -0.373 e. The highest BCUT2D eigenvalue weighted by Gasteiger charge is 2.20. The summed E-state index contributed by atoms with van der Waals surface area (Å²) in [6, 6.07) is 0. The minimum absolute atomic E-state index is 0.387. The Kier molecular flexibility index (Phi) is 2.49. The van der Waals surface area contributed by atoms with Gasteiger partial charge in [0.25, 0.3) is 0 Å². The van der Waals surface area contributed by atoms with E-state index in [0.717, 1.165) is 0 Å². The molecule has 5 nitrogen and oxygen atoms in total. The molecular weight excluding hydrogens is 178 g/mol. The number of hydrogen-bond donors (Lipinski definition) is 2. The monoisotopic (exact) mass is 189 g/mol. The molecule has 3 N–H and O–H groups in total. The van der Waals surface area contributed by atoms with E-state index in [-0.39, 0.29) is 0 Å². The SMILES string of the molecule is CNC1=CCC(S(N)(=O)=O)C=N1. The summed E-state index contributed by atoms with van der Waals surface area (Å²) in [6.07, 6.45) is 3.44. The molecule has 68 valence electrons. The van der Waals surface area contributed by atoms with Gasteiger partial charge in [-0.25, -0.2) is 18.5 Å². The second-order valence-electron chi connectivity index (χ2n) is 2.48. The summed E-state index contributed by atoms with van der Waals surface area (Å²) < 4.78 is 21.6. The molecule has 0 amide bonds. The van der Waals surface area contributed by atoms with Crippen LogP contribution in [0.4, 0.5) is 0 Å². The van der Waals surface area contributed by atoms with Crippen molar-refractivity contribution in [3.63, 3.8) is 0 Å². The maximum atomic E-state index is 10.8. The molecule has 0 spiro atoms. The molecule has 6 heteroatoms. The van der Waals surface area contributed by atoms with E-state index >= 15 is 0 Å². The van der Waals surface area contributed by atoms with Gasteiger partial charge in [0.2, 0.25) is 10.0 Å².